The second-order valence-corrected chi connectivity index (χ2v) is 4.88. The standard InChI is InChI=1S/C13H18FN3O4/c14-10-1-2-12(17(19)20)13(7-10)21-9-11(18)8-16-5-3-15-4-6-16/h1-2,7,11,15,18H,3-6,8-9H2. The van der Waals surface area contributed by atoms with E-state index in [1.165, 1.54) is 0 Å². The molecule has 1 unspecified atom stereocenters. The Morgan fingerprint density at radius 1 is 1.48 bits per heavy atom. The third-order valence-corrected chi connectivity index (χ3v) is 3.23. The van der Waals surface area contributed by atoms with Crippen molar-refractivity contribution >= 4 is 5.69 Å². The quantitative estimate of drug-likeness (QED) is 0.583. The van der Waals surface area contributed by atoms with Crippen LogP contribution in [0.4, 0.5) is 10.1 Å². The Labute approximate surface area is 121 Å². The van der Waals surface area contributed by atoms with Crippen LogP contribution in [0.5, 0.6) is 5.75 Å². The molecule has 0 aliphatic carbocycles. The van der Waals surface area contributed by atoms with Crippen molar-refractivity contribution < 1.29 is 19.2 Å². The number of hydrogen-bond donors (Lipinski definition) is 2. The summed E-state index contributed by atoms with van der Waals surface area (Å²) in [6, 6.07) is 3.01. The summed E-state index contributed by atoms with van der Waals surface area (Å²) >= 11 is 0. The maximum absolute atomic E-state index is 13.1. The van der Waals surface area contributed by atoms with Gasteiger partial charge >= 0.3 is 5.69 Å². The molecule has 21 heavy (non-hydrogen) atoms. The number of rotatable bonds is 6. The summed E-state index contributed by atoms with van der Waals surface area (Å²) in [7, 11) is 0. The van der Waals surface area contributed by atoms with E-state index in [0.717, 1.165) is 44.4 Å². The van der Waals surface area contributed by atoms with Crippen molar-refractivity contribution in [2.45, 2.75) is 6.10 Å². The minimum absolute atomic E-state index is 0.117. The summed E-state index contributed by atoms with van der Waals surface area (Å²) in [6.07, 6.45) is -0.786. The van der Waals surface area contributed by atoms with E-state index in [1.807, 2.05) is 0 Å². The first-order valence-corrected chi connectivity index (χ1v) is 6.74. The molecule has 1 aliphatic heterocycles. The molecule has 1 saturated heterocycles. The minimum atomic E-state index is -0.786. The smallest absolute Gasteiger partial charge is 0.311 e. The highest BCUT2D eigenvalue weighted by atomic mass is 19.1. The molecule has 7 nitrogen and oxygen atoms in total. The lowest BCUT2D eigenvalue weighted by atomic mass is 10.2. The second-order valence-electron chi connectivity index (χ2n) is 4.88. The molecule has 0 amide bonds. The highest BCUT2D eigenvalue weighted by Crippen LogP contribution is 2.27. The zero-order chi connectivity index (χ0) is 15.2. The monoisotopic (exact) mass is 299 g/mol. The van der Waals surface area contributed by atoms with E-state index in [9.17, 15) is 19.6 Å². The normalized spacial score (nSPS) is 17.4. The number of nitrogens with one attached hydrogen (secondary N) is 1. The molecule has 8 heteroatoms. The van der Waals surface area contributed by atoms with Crippen LogP contribution in [0.3, 0.4) is 0 Å². The van der Waals surface area contributed by atoms with Gasteiger partial charge in [-0.15, -0.1) is 0 Å². The SMILES string of the molecule is O=[N+]([O-])c1ccc(F)cc1OCC(O)CN1CCNCC1. The number of halogens is 1. The number of aliphatic hydroxyl groups excluding tert-OH is 1. The zero-order valence-corrected chi connectivity index (χ0v) is 11.5. The Balaban J connectivity index is 1.89. The minimum Gasteiger partial charge on any atom is -0.484 e. The number of ether oxygens (including phenoxy) is 1. The molecule has 1 aliphatic rings. The summed E-state index contributed by atoms with van der Waals surface area (Å²) in [6.45, 7) is 3.69. The van der Waals surface area contributed by atoms with Crippen molar-refractivity contribution in [1.82, 2.24) is 10.2 Å². The van der Waals surface area contributed by atoms with E-state index in [-0.39, 0.29) is 18.0 Å². The fourth-order valence-electron chi connectivity index (χ4n) is 2.18. The average molecular weight is 299 g/mol. The van der Waals surface area contributed by atoms with Gasteiger partial charge in [0.2, 0.25) is 0 Å². The summed E-state index contributed by atoms with van der Waals surface area (Å²) in [4.78, 5) is 12.3. The average Bonchev–Trinajstić information content (AvgIpc) is 2.46. The van der Waals surface area contributed by atoms with Gasteiger partial charge in [0, 0.05) is 44.9 Å². The highest BCUT2D eigenvalue weighted by molar-refractivity contribution is 5.46. The largest absolute Gasteiger partial charge is 0.484 e. The molecule has 1 aromatic rings. The summed E-state index contributed by atoms with van der Waals surface area (Å²) < 4.78 is 18.3. The van der Waals surface area contributed by atoms with Crippen LogP contribution in [-0.4, -0.2) is 60.4 Å². The first-order valence-electron chi connectivity index (χ1n) is 6.74. The van der Waals surface area contributed by atoms with Gasteiger partial charge in [-0.3, -0.25) is 15.0 Å². The van der Waals surface area contributed by atoms with Gasteiger partial charge in [0.15, 0.2) is 5.75 Å². The lowest BCUT2D eigenvalue weighted by Crippen LogP contribution is -2.47. The van der Waals surface area contributed by atoms with Crippen molar-refractivity contribution in [2.75, 3.05) is 39.3 Å². The maximum atomic E-state index is 13.1. The van der Waals surface area contributed by atoms with Gasteiger partial charge in [0.05, 0.1) is 4.92 Å². The third kappa shape index (κ3) is 4.62. The summed E-state index contributed by atoms with van der Waals surface area (Å²) in [5.41, 5.74) is -0.314. The van der Waals surface area contributed by atoms with Gasteiger partial charge in [-0.05, 0) is 6.07 Å². The van der Waals surface area contributed by atoms with E-state index in [1.54, 1.807) is 0 Å². The predicted molar refractivity (Wildman–Crippen MR) is 73.9 cm³/mol. The molecule has 0 spiro atoms. The number of nitrogens with zero attached hydrogens (tertiary/aromatic N) is 2. The molecule has 0 bridgehead atoms. The van der Waals surface area contributed by atoms with Crippen LogP contribution in [0, 0.1) is 15.9 Å². The Kier molecular flexibility index (Phi) is 5.43. The molecule has 0 aromatic heterocycles. The third-order valence-electron chi connectivity index (χ3n) is 3.23. The number of hydrogen-bond acceptors (Lipinski definition) is 6. The molecule has 116 valence electrons. The van der Waals surface area contributed by atoms with E-state index < -0.39 is 16.8 Å². The summed E-state index contributed by atoms with van der Waals surface area (Å²) in [5, 5.41) is 23.9. The van der Waals surface area contributed by atoms with Gasteiger partial charge in [0.25, 0.3) is 0 Å². The van der Waals surface area contributed by atoms with Gasteiger partial charge in [-0.1, -0.05) is 0 Å². The topological polar surface area (TPSA) is 87.9 Å². The molecule has 1 atom stereocenters. The highest BCUT2D eigenvalue weighted by Gasteiger charge is 2.19. The van der Waals surface area contributed by atoms with E-state index in [0.29, 0.717) is 6.54 Å². The Morgan fingerprint density at radius 3 is 2.86 bits per heavy atom. The Bertz CT molecular complexity index is 494. The predicted octanol–water partition coefficient (Wildman–Crippen LogP) is 0.379. The van der Waals surface area contributed by atoms with Crippen LogP contribution in [0.2, 0.25) is 0 Å². The lowest BCUT2D eigenvalue weighted by molar-refractivity contribution is -0.386. The van der Waals surface area contributed by atoms with Gasteiger partial charge in [-0.25, -0.2) is 4.39 Å². The zero-order valence-electron chi connectivity index (χ0n) is 11.5. The lowest BCUT2D eigenvalue weighted by Gasteiger charge is -2.28. The maximum Gasteiger partial charge on any atom is 0.311 e. The van der Waals surface area contributed by atoms with Crippen molar-refractivity contribution in [1.29, 1.82) is 0 Å². The number of nitro benzene ring substituents is 1. The van der Waals surface area contributed by atoms with Gasteiger partial charge in [0.1, 0.15) is 18.5 Å². The number of benzene rings is 1. The summed E-state index contributed by atoms with van der Waals surface area (Å²) in [5.74, 6) is -0.786. The van der Waals surface area contributed by atoms with Crippen LogP contribution in [-0.2, 0) is 0 Å². The van der Waals surface area contributed by atoms with Crippen molar-refractivity contribution in [3.05, 3.63) is 34.1 Å². The second kappa shape index (κ2) is 7.30. The number of nitro groups is 1. The van der Waals surface area contributed by atoms with Crippen molar-refractivity contribution in [3.8, 4) is 5.75 Å². The van der Waals surface area contributed by atoms with Gasteiger partial charge in [-0.2, -0.15) is 0 Å². The molecular weight excluding hydrogens is 281 g/mol. The number of piperazine rings is 1. The molecule has 2 N–H and O–H groups in total. The fraction of sp³-hybridized carbons (Fsp3) is 0.538. The molecule has 1 aromatic carbocycles. The van der Waals surface area contributed by atoms with Crippen molar-refractivity contribution in [2.24, 2.45) is 0 Å². The van der Waals surface area contributed by atoms with Crippen LogP contribution >= 0.6 is 0 Å². The van der Waals surface area contributed by atoms with Crippen molar-refractivity contribution in [3.63, 3.8) is 0 Å². The number of aliphatic hydroxyl groups is 1. The first-order chi connectivity index (χ1) is 10.1. The first kappa shape index (κ1) is 15.6. The molecule has 2 rings (SSSR count). The van der Waals surface area contributed by atoms with E-state index in [4.69, 9.17) is 4.74 Å². The van der Waals surface area contributed by atoms with Crippen LogP contribution in [0.1, 0.15) is 0 Å². The van der Waals surface area contributed by atoms with Crippen LogP contribution in [0.25, 0.3) is 0 Å². The van der Waals surface area contributed by atoms with E-state index >= 15 is 0 Å². The fourth-order valence-corrected chi connectivity index (χ4v) is 2.18. The molecule has 0 radical (unpaired) electrons. The molecule has 1 fully saturated rings. The molecule has 1 heterocycles. The Morgan fingerprint density at radius 2 is 2.19 bits per heavy atom. The molecular formula is C13H18FN3O4. The number of β-amino-alcohol motifs (C(OH)–C–C–N with tert-alkyl or cyclic N) is 1. The Hall–Kier alpha value is -1.77. The van der Waals surface area contributed by atoms with Crippen LogP contribution < -0.4 is 10.1 Å². The molecule has 0 saturated carbocycles. The van der Waals surface area contributed by atoms with Crippen LogP contribution in [0.15, 0.2) is 18.2 Å². The van der Waals surface area contributed by atoms with E-state index in [2.05, 4.69) is 10.2 Å². The van der Waals surface area contributed by atoms with Gasteiger partial charge < -0.3 is 15.2 Å².